The second-order valence-electron chi connectivity index (χ2n) is 6.48. The molecule has 0 saturated carbocycles. The van der Waals surface area contributed by atoms with Gasteiger partial charge in [-0.15, -0.1) is 0 Å². The Morgan fingerprint density at radius 3 is 2.14 bits per heavy atom. The fourth-order valence-electron chi connectivity index (χ4n) is 2.84. The van der Waals surface area contributed by atoms with Gasteiger partial charge in [-0.1, -0.05) is 54.5 Å². The van der Waals surface area contributed by atoms with E-state index in [9.17, 15) is 0 Å². The summed E-state index contributed by atoms with van der Waals surface area (Å²) in [6.07, 6.45) is 2.65. The summed E-state index contributed by atoms with van der Waals surface area (Å²) < 4.78 is 5.28. The quantitative estimate of drug-likeness (QED) is 0.466. The normalized spacial score (nSPS) is 11.4. The van der Waals surface area contributed by atoms with E-state index in [-0.39, 0.29) is 0 Å². The maximum Gasteiger partial charge on any atom is 0.257 e. The molecule has 0 aliphatic rings. The number of benzene rings is 2. The van der Waals surface area contributed by atoms with E-state index in [2.05, 4.69) is 62.2 Å². The lowest BCUT2D eigenvalue weighted by atomic mass is 10.1. The zero-order chi connectivity index (χ0) is 19.6. The van der Waals surface area contributed by atoms with E-state index in [4.69, 9.17) is 4.52 Å². The number of hydrogen-bond donors (Lipinski definition) is 2. The summed E-state index contributed by atoms with van der Waals surface area (Å²) in [7, 11) is 1.79. The van der Waals surface area contributed by atoms with Crippen LogP contribution in [0.15, 0.2) is 64.1 Å². The van der Waals surface area contributed by atoms with Crippen molar-refractivity contribution >= 4 is 5.96 Å². The summed E-state index contributed by atoms with van der Waals surface area (Å²) in [6, 6.07) is 18.7. The van der Waals surface area contributed by atoms with Gasteiger partial charge in [0.25, 0.3) is 5.89 Å². The molecular weight excluding hydrogens is 350 g/mol. The molecule has 0 aliphatic carbocycles. The zero-order valence-electron chi connectivity index (χ0n) is 16.5. The molecule has 0 radical (unpaired) electrons. The topological polar surface area (TPSA) is 75.3 Å². The third kappa shape index (κ3) is 5.67. The molecule has 0 unspecified atom stereocenters. The highest BCUT2D eigenvalue weighted by Crippen LogP contribution is 2.18. The lowest BCUT2D eigenvalue weighted by Gasteiger charge is -2.12. The maximum absolute atomic E-state index is 5.28. The first kappa shape index (κ1) is 19.6. The summed E-state index contributed by atoms with van der Waals surface area (Å²) in [5.41, 5.74) is 3.51. The Kier molecular flexibility index (Phi) is 7.18. The van der Waals surface area contributed by atoms with E-state index in [1.54, 1.807) is 7.05 Å². The van der Waals surface area contributed by atoms with Crippen LogP contribution in [0.25, 0.3) is 11.5 Å². The molecule has 0 atom stereocenters. The number of aliphatic imine (C=N–C) groups is 1. The minimum atomic E-state index is 0.574. The largest absolute Gasteiger partial charge is 0.356 e. The Morgan fingerprint density at radius 2 is 1.57 bits per heavy atom. The maximum atomic E-state index is 5.28. The highest BCUT2D eigenvalue weighted by molar-refractivity contribution is 5.79. The molecule has 1 aromatic heterocycles. The fraction of sp³-hybridized carbons (Fsp3) is 0.318. The van der Waals surface area contributed by atoms with Gasteiger partial charge in [-0.2, -0.15) is 4.98 Å². The van der Waals surface area contributed by atoms with Crippen molar-refractivity contribution < 1.29 is 4.52 Å². The van der Waals surface area contributed by atoms with Crippen molar-refractivity contribution in [3.05, 3.63) is 71.5 Å². The van der Waals surface area contributed by atoms with Crippen molar-refractivity contribution in [3.63, 3.8) is 0 Å². The molecule has 0 spiro atoms. The van der Waals surface area contributed by atoms with Crippen LogP contribution in [0.4, 0.5) is 0 Å². The monoisotopic (exact) mass is 377 g/mol. The second kappa shape index (κ2) is 10.3. The van der Waals surface area contributed by atoms with Crippen LogP contribution in [-0.4, -0.2) is 36.2 Å². The first-order chi connectivity index (χ1) is 13.8. The number of hydrogen-bond acceptors (Lipinski definition) is 4. The Hall–Kier alpha value is -3.15. The molecule has 28 heavy (non-hydrogen) atoms. The van der Waals surface area contributed by atoms with Gasteiger partial charge >= 0.3 is 0 Å². The van der Waals surface area contributed by atoms with E-state index in [1.165, 1.54) is 11.1 Å². The summed E-state index contributed by atoms with van der Waals surface area (Å²) in [6.45, 7) is 3.67. The summed E-state index contributed by atoms with van der Waals surface area (Å²) >= 11 is 0. The molecule has 0 amide bonds. The third-order valence-electron chi connectivity index (χ3n) is 4.46. The predicted octanol–water partition coefficient (Wildman–Crippen LogP) is 3.25. The average molecular weight is 377 g/mol. The Morgan fingerprint density at radius 1 is 0.929 bits per heavy atom. The lowest BCUT2D eigenvalue weighted by Crippen LogP contribution is -2.39. The third-order valence-corrected chi connectivity index (χ3v) is 4.46. The molecule has 2 N–H and O–H groups in total. The number of aromatic nitrogens is 2. The van der Waals surface area contributed by atoms with Crippen LogP contribution in [0.5, 0.6) is 0 Å². The number of aryl methyl sites for hydroxylation is 1. The van der Waals surface area contributed by atoms with Gasteiger partial charge in [-0.25, -0.2) is 0 Å². The lowest BCUT2D eigenvalue weighted by molar-refractivity contribution is 0.423. The van der Waals surface area contributed by atoms with E-state index < -0.39 is 0 Å². The highest BCUT2D eigenvalue weighted by atomic mass is 16.5. The number of nitrogens with zero attached hydrogens (tertiary/aromatic N) is 3. The molecule has 0 fully saturated rings. The van der Waals surface area contributed by atoms with Crippen LogP contribution in [0.3, 0.4) is 0 Å². The van der Waals surface area contributed by atoms with Crippen LogP contribution < -0.4 is 10.6 Å². The van der Waals surface area contributed by atoms with Gasteiger partial charge in [0.15, 0.2) is 11.8 Å². The predicted molar refractivity (Wildman–Crippen MR) is 112 cm³/mol. The van der Waals surface area contributed by atoms with E-state index in [1.807, 2.05) is 25.1 Å². The van der Waals surface area contributed by atoms with Gasteiger partial charge in [0.1, 0.15) is 0 Å². The Bertz CT molecular complexity index is 871. The molecule has 3 rings (SSSR count). The van der Waals surface area contributed by atoms with Crippen molar-refractivity contribution in [1.82, 2.24) is 20.8 Å². The molecule has 6 heteroatoms. The van der Waals surface area contributed by atoms with Crippen LogP contribution in [0.2, 0.25) is 0 Å². The number of nitrogens with one attached hydrogen (secondary N) is 2. The standard InChI is InChI=1S/C22H27N5O/c1-3-20-26-21(28-27-20)19-11-9-18(10-12-19)14-16-25-22(23-2)24-15-13-17-7-5-4-6-8-17/h4-12H,3,13-16H2,1-2H3,(H2,23,24,25). The average Bonchev–Trinajstić information content (AvgIpc) is 3.23. The molecule has 2 aromatic carbocycles. The van der Waals surface area contributed by atoms with Gasteiger partial charge in [-0.3, -0.25) is 4.99 Å². The number of guanidine groups is 1. The first-order valence-corrected chi connectivity index (χ1v) is 9.69. The SMILES string of the molecule is CCc1noc(-c2ccc(CCNC(=NC)NCCc3ccccc3)cc2)n1. The van der Waals surface area contributed by atoms with Crippen LogP contribution in [0.1, 0.15) is 23.9 Å². The summed E-state index contributed by atoms with van der Waals surface area (Å²) in [4.78, 5) is 8.64. The van der Waals surface area contributed by atoms with Crippen molar-refractivity contribution in [2.75, 3.05) is 20.1 Å². The van der Waals surface area contributed by atoms with Gasteiger partial charge in [-0.05, 0) is 36.1 Å². The Balaban J connectivity index is 1.42. The van der Waals surface area contributed by atoms with Crippen molar-refractivity contribution in [2.45, 2.75) is 26.2 Å². The van der Waals surface area contributed by atoms with Crippen molar-refractivity contribution in [2.24, 2.45) is 4.99 Å². The molecule has 3 aromatic rings. The fourth-order valence-corrected chi connectivity index (χ4v) is 2.84. The summed E-state index contributed by atoms with van der Waals surface area (Å²) in [5.74, 6) is 2.13. The number of rotatable bonds is 8. The van der Waals surface area contributed by atoms with Gasteiger partial charge < -0.3 is 15.2 Å². The van der Waals surface area contributed by atoms with E-state index in [0.717, 1.165) is 49.7 Å². The second-order valence-corrected chi connectivity index (χ2v) is 6.48. The molecule has 6 nitrogen and oxygen atoms in total. The molecular formula is C22H27N5O. The van der Waals surface area contributed by atoms with Crippen molar-refractivity contribution in [3.8, 4) is 11.5 Å². The summed E-state index contributed by atoms with van der Waals surface area (Å²) in [5, 5.41) is 10.7. The highest BCUT2D eigenvalue weighted by Gasteiger charge is 2.07. The minimum absolute atomic E-state index is 0.574. The molecule has 1 heterocycles. The first-order valence-electron chi connectivity index (χ1n) is 9.69. The van der Waals surface area contributed by atoms with Gasteiger partial charge in [0.05, 0.1) is 0 Å². The smallest absolute Gasteiger partial charge is 0.257 e. The van der Waals surface area contributed by atoms with E-state index >= 15 is 0 Å². The van der Waals surface area contributed by atoms with Gasteiger partial charge in [0.2, 0.25) is 0 Å². The molecule has 0 bridgehead atoms. The minimum Gasteiger partial charge on any atom is -0.356 e. The van der Waals surface area contributed by atoms with Crippen LogP contribution in [0, 0.1) is 0 Å². The van der Waals surface area contributed by atoms with Crippen LogP contribution in [-0.2, 0) is 19.3 Å². The van der Waals surface area contributed by atoms with Crippen molar-refractivity contribution in [1.29, 1.82) is 0 Å². The zero-order valence-corrected chi connectivity index (χ0v) is 16.5. The van der Waals surface area contributed by atoms with Crippen LogP contribution >= 0.6 is 0 Å². The Labute approximate surface area is 166 Å². The molecule has 146 valence electrons. The van der Waals surface area contributed by atoms with E-state index in [0.29, 0.717) is 5.89 Å². The molecule has 0 saturated heterocycles. The molecule has 0 aliphatic heterocycles. The van der Waals surface area contributed by atoms with Gasteiger partial charge in [0, 0.05) is 32.1 Å².